The van der Waals surface area contributed by atoms with Gasteiger partial charge in [0, 0.05) is 21.0 Å². The first kappa shape index (κ1) is 12.2. The Labute approximate surface area is 113 Å². The number of aliphatic hydroxyl groups is 1. The van der Waals surface area contributed by atoms with Gasteiger partial charge in [0.1, 0.15) is 5.82 Å². The average Bonchev–Trinajstić information content (AvgIpc) is 2.68. The fourth-order valence-electron chi connectivity index (χ4n) is 1.93. The summed E-state index contributed by atoms with van der Waals surface area (Å²) in [5.41, 5.74) is 1.22. The standard InChI is InChI=1S/C14H10FNO2S/c15-8-1-3-9(4-2-8)19-10-5-6-11-12(7-10)16-14(18)13(11)17/h1-7,13,17H,(H,16,18). The van der Waals surface area contributed by atoms with E-state index in [1.807, 2.05) is 6.07 Å². The van der Waals surface area contributed by atoms with Crippen LogP contribution in [0.15, 0.2) is 52.3 Å². The highest BCUT2D eigenvalue weighted by molar-refractivity contribution is 7.99. The molecule has 0 fully saturated rings. The van der Waals surface area contributed by atoms with E-state index < -0.39 is 12.0 Å². The number of fused-ring (bicyclic) bond motifs is 1. The molecule has 1 aliphatic rings. The van der Waals surface area contributed by atoms with Crippen LogP contribution in [0.4, 0.5) is 10.1 Å². The number of carbonyl (C=O) groups is 1. The van der Waals surface area contributed by atoms with Gasteiger partial charge in [-0.05, 0) is 36.4 Å². The van der Waals surface area contributed by atoms with E-state index in [9.17, 15) is 14.3 Å². The molecule has 1 atom stereocenters. The van der Waals surface area contributed by atoms with Crippen molar-refractivity contribution in [2.24, 2.45) is 0 Å². The number of anilines is 1. The van der Waals surface area contributed by atoms with Gasteiger partial charge in [0.15, 0.2) is 6.10 Å². The monoisotopic (exact) mass is 275 g/mol. The summed E-state index contributed by atoms with van der Waals surface area (Å²) < 4.78 is 12.8. The van der Waals surface area contributed by atoms with Crippen molar-refractivity contribution in [1.82, 2.24) is 0 Å². The molecule has 1 heterocycles. The van der Waals surface area contributed by atoms with Gasteiger partial charge in [-0.3, -0.25) is 4.79 Å². The van der Waals surface area contributed by atoms with Crippen LogP contribution < -0.4 is 5.32 Å². The molecule has 0 aliphatic carbocycles. The lowest BCUT2D eigenvalue weighted by Gasteiger charge is -2.05. The maximum Gasteiger partial charge on any atom is 0.257 e. The van der Waals surface area contributed by atoms with E-state index in [-0.39, 0.29) is 5.82 Å². The number of carbonyl (C=O) groups excluding carboxylic acids is 1. The molecule has 2 N–H and O–H groups in total. The second-order valence-corrected chi connectivity index (χ2v) is 5.34. The van der Waals surface area contributed by atoms with Crippen LogP contribution in [0.25, 0.3) is 0 Å². The topological polar surface area (TPSA) is 49.3 Å². The smallest absolute Gasteiger partial charge is 0.257 e. The number of hydrogen-bond acceptors (Lipinski definition) is 3. The third-order valence-corrected chi connectivity index (χ3v) is 3.87. The highest BCUT2D eigenvalue weighted by atomic mass is 32.2. The molecule has 1 aliphatic heterocycles. The number of benzene rings is 2. The van der Waals surface area contributed by atoms with Gasteiger partial charge in [-0.15, -0.1) is 0 Å². The van der Waals surface area contributed by atoms with Crippen molar-refractivity contribution in [2.75, 3.05) is 5.32 Å². The minimum atomic E-state index is -1.08. The Morgan fingerprint density at radius 1 is 1.11 bits per heavy atom. The lowest BCUT2D eigenvalue weighted by Crippen LogP contribution is -2.10. The highest BCUT2D eigenvalue weighted by Gasteiger charge is 2.28. The van der Waals surface area contributed by atoms with Gasteiger partial charge < -0.3 is 10.4 Å². The zero-order chi connectivity index (χ0) is 13.4. The van der Waals surface area contributed by atoms with Crippen molar-refractivity contribution in [3.05, 3.63) is 53.8 Å². The molecular formula is C14H10FNO2S. The molecule has 5 heteroatoms. The van der Waals surface area contributed by atoms with Gasteiger partial charge >= 0.3 is 0 Å². The van der Waals surface area contributed by atoms with Crippen LogP contribution >= 0.6 is 11.8 Å². The van der Waals surface area contributed by atoms with Crippen LogP contribution in [0, 0.1) is 5.82 Å². The number of nitrogens with one attached hydrogen (secondary N) is 1. The average molecular weight is 275 g/mol. The first-order valence-corrected chi connectivity index (χ1v) is 6.51. The summed E-state index contributed by atoms with van der Waals surface area (Å²) >= 11 is 1.47. The van der Waals surface area contributed by atoms with E-state index in [1.54, 1.807) is 24.3 Å². The molecule has 19 heavy (non-hydrogen) atoms. The van der Waals surface area contributed by atoms with E-state index in [1.165, 1.54) is 23.9 Å². The van der Waals surface area contributed by atoms with E-state index >= 15 is 0 Å². The minimum Gasteiger partial charge on any atom is -0.378 e. The Bertz CT molecular complexity index is 642. The largest absolute Gasteiger partial charge is 0.378 e. The summed E-state index contributed by atoms with van der Waals surface area (Å²) in [6, 6.07) is 11.6. The van der Waals surface area contributed by atoms with Crippen LogP contribution in [-0.2, 0) is 4.79 Å². The van der Waals surface area contributed by atoms with E-state index in [4.69, 9.17) is 0 Å². The van der Waals surface area contributed by atoms with Gasteiger partial charge in [0.2, 0.25) is 0 Å². The maximum atomic E-state index is 12.8. The molecule has 96 valence electrons. The number of rotatable bonds is 2. The molecule has 2 aromatic rings. The summed E-state index contributed by atoms with van der Waals surface area (Å²) in [5, 5.41) is 12.2. The van der Waals surface area contributed by atoms with Crippen molar-refractivity contribution in [3.63, 3.8) is 0 Å². The fraction of sp³-hybridized carbons (Fsp3) is 0.0714. The SMILES string of the molecule is O=C1Nc2cc(Sc3ccc(F)cc3)ccc2C1O. The number of halogens is 1. The molecule has 0 radical (unpaired) electrons. The molecule has 0 saturated heterocycles. The lowest BCUT2D eigenvalue weighted by atomic mass is 10.1. The van der Waals surface area contributed by atoms with Crippen molar-refractivity contribution in [3.8, 4) is 0 Å². The third-order valence-electron chi connectivity index (χ3n) is 2.87. The van der Waals surface area contributed by atoms with Gasteiger partial charge in [-0.1, -0.05) is 17.8 Å². The zero-order valence-electron chi connectivity index (χ0n) is 9.76. The second kappa shape index (κ2) is 4.68. The van der Waals surface area contributed by atoms with Crippen molar-refractivity contribution in [1.29, 1.82) is 0 Å². The van der Waals surface area contributed by atoms with Crippen LogP contribution in [0.3, 0.4) is 0 Å². The Morgan fingerprint density at radius 3 is 2.53 bits per heavy atom. The number of hydrogen-bond donors (Lipinski definition) is 2. The molecule has 1 unspecified atom stereocenters. The Balaban J connectivity index is 1.86. The molecule has 0 saturated carbocycles. The Morgan fingerprint density at radius 2 is 1.79 bits per heavy atom. The van der Waals surface area contributed by atoms with Gasteiger partial charge in [0.05, 0.1) is 0 Å². The summed E-state index contributed by atoms with van der Waals surface area (Å²) in [4.78, 5) is 13.2. The quantitative estimate of drug-likeness (QED) is 0.886. The molecule has 3 nitrogen and oxygen atoms in total. The molecule has 1 amide bonds. The maximum absolute atomic E-state index is 12.8. The summed E-state index contributed by atoms with van der Waals surface area (Å²) in [6.45, 7) is 0. The Hall–Kier alpha value is -1.85. The summed E-state index contributed by atoms with van der Waals surface area (Å²) in [6.07, 6.45) is -1.08. The predicted octanol–water partition coefficient (Wildman–Crippen LogP) is 2.96. The first-order chi connectivity index (χ1) is 9.13. The summed E-state index contributed by atoms with van der Waals surface area (Å²) in [5.74, 6) is -0.673. The zero-order valence-corrected chi connectivity index (χ0v) is 10.6. The normalized spacial score (nSPS) is 17.2. The molecule has 0 bridgehead atoms. The molecule has 3 rings (SSSR count). The fourth-order valence-corrected chi connectivity index (χ4v) is 2.78. The summed E-state index contributed by atoms with van der Waals surface area (Å²) in [7, 11) is 0. The highest BCUT2D eigenvalue weighted by Crippen LogP contribution is 2.36. The van der Waals surface area contributed by atoms with Crippen LogP contribution in [-0.4, -0.2) is 11.0 Å². The first-order valence-electron chi connectivity index (χ1n) is 5.70. The van der Waals surface area contributed by atoms with Crippen LogP contribution in [0.5, 0.6) is 0 Å². The van der Waals surface area contributed by atoms with Crippen molar-refractivity contribution in [2.45, 2.75) is 15.9 Å². The predicted molar refractivity (Wildman–Crippen MR) is 70.6 cm³/mol. The van der Waals surface area contributed by atoms with Gasteiger partial charge in [-0.25, -0.2) is 4.39 Å². The lowest BCUT2D eigenvalue weighted by molar-refractivity contribution is -0.123. The number of amides is 1. The van der Waals surface area contributed by atoms with Crippen molar-refractivity contribution < 1.29 is 14.3 Å². The van der Waals surface area contributed by atoms with E-state index in [0.29, 0.717) is 11.3 Å². The molecule has 0 aromatic heterocycles. The second-order valence-electron chi connectivity index (χ2n) is 4.20. The van der Waals surface area contributed by atoms with Gasteiger partial charge in [-0.2, -0.15) is 0 Å². The van der Waals surface area contributed by atoms with E-state index in [0.717, 1.165) is 9.79 Å². The molecule has 2 aromatic carbocycles. The Kier molecular flexibility index (Phi) is 3.00. The number of aliphatic hydroxyl groups excluding tert-OH is 1. The minimum absolute atomic E-state index is 0.270. The van der Waals surface area contributed by atoms with Crippen LogP contribution in [0.2, 0.25) is 0 Å². The van der Waals surface area contributed by atoms with Crippen LogP contribution in [0.1, 0.15) is 11.7 Å². The van der Waals surface area contributed by atoms with Crippen molar-refractivity contribution >= 4 is 23.4 Å². The van der Waals surface area contributed by atoms with E-state index in [2.05, 4.69) is 5.32 Å². The third kappa shape index (κ3) is 2.34. The van der Waals surface area contributed by atoms with Gasteiger partial charge in [0.25, 0.3) is 5.91 Å². The molecule has 0 spiro atoms. The molecular weight excluding hydrogens is 265 g/mol.